The van der Waals surface area contributed by atoms with Gasteiger partial charge in [0.2, 0.25) is 0 Å². The second-order valence-electron chi connectivity index (χ2n) is 13.1. The number of anilines is 1. The highest BCUT2D eigenvalue weighted by molar-refractivity contribution is 5.92. The predicted octanol–water partition coefficient (Wildman–Crippen LogP) is 4.78. The van der Waals surface area contributed by atoms with Gasteiger partial charge in [-0.2, -0.15) is 5.26 Å². The van der Waals surface area contributed by atoms with Crippen LogP contribution < -0.4 is 15.2 Å². The SMILES string of the molecule is COc1ccc(-n2c([C@H]3CCCN3C(=O)OC(C)(C)C)nc3c(N4CCC(N5CCOCC5)CC4)cc(C#N)cc3c2=O)cc1F. The third-order valence-corrected chi connectivity index (χ3v) is 9.05. The molecule has 0 bridgehead atoms. The molecule has 0 aliphatic carbocycles. The molecule has 12 heteroatoms. The van der Waals surface area contributed by atoms with Crippen LogP contribution in [0.3, 0.4) is 0 Å². The summed E-state index contributed by atoms with van der Waals surface area (Å²) in [5.74, 6) is -0.277. The molecule has 3 aliphatic heterocycles. The highest BCUT2D eigenvalue weighted by atomic mass is 19.1. The quantitative estimate of drug-likeness (QED) is 0.392. The number of hydrogen-bond donors (Lipinski definition) is 0. The van der Waals surface area contributed by atoms with Crippen LogP contribution in [0.5, 0.6) is 5.75 Å². The molecule has 0 radical (unpaired) electrons. The minimum atomic E-state index is -0.714. The van der Waals surface area contributed by atoms with Crippen LogP contribution in [0.25, 0.3) is 16.6 Å². The highest BCUT2D eigenvalue weighted by Crippen LogP contribution is 2.36. The van der Waals surface area contributed by atoms with E-state index in [1.807, 2.05) is 20.8 Å². The lowest BCUT2D eigenvalue weighted by molar-refractivity contribution is 0.0115. The first-order chi connectivity index (χ1) is 22.1. The third-order valence-electron chi connectivity index (χ3n) is 9.05. The Morgan fingerprint density at radius 1 is 1.07 bits per heavy atom. The summed E-state index contributed by atoms with van der Waals surface area (Å²) in [5.41, 5.74) is 0.607. The first-order valence-corrected chi connectivity index (χ1v) is 16.0. The topological polar surface area (TPSA) is 113 Å². The molecule has 0 N–H and O–H groups in total. The summed E-state index contributed by atoms with van der Waals surface area (Å²) < 4.78 is 32.8. The maximum Gasteiger partial charge on any atom is 0.410 e. The van der Waals surface area contributed by atoms with Gasteiger partial charge in [-0.3, -0.25) is 19.2 Å². The number of piperidine rings is 1. The molecule has 1 aromatic heterocycles. The lowest BCUT2D eigenvalue weighted by Gasteiger charge is -2.41. The molecule has 0 unspecified atom stereocenters. The fourth-order valence-electron chi connectivity index (χ4n) is 6.85. The minimum absolute atomic E-state index is 0.0397. The molecule has 1 atom stereocenters. The summed E-state index contributed by atoms with van der Waals surface area (Å²) >= 11 is 0. The Morgan fingerprint density at radius 3 is 2.46 bits per heavy atom. The van der Waals surface area contributed by atoms with Crippen molar-refractivity contribution in [2.45, 2.75) is 64.1 Å². The molecule has 11 nitrogen and oxygen atoms in total. The smallest absolute Gasteiger partial charge is 0.410 e. The molecule has 6 rings (SSSR count). The van der Waals surface area contributed by atoms with Gasteiger partial charge < -0.3 is 19.1 Å². The van der Waals surface area contributed by atoms with E-state index in [0.29, 0.717) is 48.0 Å². The van der Waals surface area contributed by atoms with E-state index in [0.717, 1.165) is 52.2 Å². The molecule has 0 spiro atoms. The highest BCUT2D eigenvalue weighted by Gasteiger charge is 2.37. The number of nitrogens with zero attached hydrogens (tertiary/aromatic N) is 6. The predicted molar refractivity (Wildman–Crippen MR) is 171 cm³/mol. The molecule has 2 aromatic carbocycles. The average Bonchev–Trinajstić information content (AvgIpc) is 3.54. The number of likely N-dealkylation sites (tertiary alicyclic amines) is 1. The first kappa shape index (κ1) is 31.8. The molecule has 1 amide bonds. The van der Waals surface area contributed by atoms with Crippen molar-refractivity contribution in [1.82, 2.24) is 19.4 Å². The van der Waals surface area contributed by atoms with Gasteiger partial charge in [-0.05, 0) is 70.7 Å². The molecule has 0 saturated carbocycles. The number of hydrogen-bond acceptors (Lipinski definition) is 9. The number of fused-ring (bicyclic) bond motifs is 1. The van der Waals surface area contributed by atoms with Crippen LogP contribution in [-0.4, -0.2) is 90.1 Å². The number of carbonyl (C=O) groups is 1. The summed E-state index contributed by atoms with van der Waals surface area (Å²) in [6.45, 7) is 10.7. The lowest BCUT2D eigenvalue weighted by atomic mass is 10.0. The van der Waals surface area contributed by atoms with Crippen molar-refractivity contribution in [3.05, 3.63) is 57.9 Å². The zero-order valence-corrected chi connectivity index (χ0v) is 26.9. The van der Waals surface area contributed by atoms with Crippen molar-refractivity contribution in [1.29, 1.82) is 5.26 Å². The molecule has 244 valence electrons. The van der Waals surface area contributed by atoms with Crippen molar-refractivity contribution in [3.63, 3.8) is 0 Å². The van der Waals surface area contributed by atoms with E-state index < -0.39 is 29.1 Å². The van der Waals surface area contributed by atoms with Crippen LogP contribution in [0.15, 0.2) is 35.1 Å². The molecule has 3 aliphatic rings. The van der Waals surface area contributed by atoms with Crippen molar-refractivity contribution < 1.29 is 23.4 Å². The van der Waals surface area contributed by atoms with E-state index in [1.165, 1.54) is 23.8 Å². The van der Waals surface area contributed by atoms with Crippen molar-refractivity contribution in [2.75, 3.05) is 57.9 Å². The fourth-order valence-corrected chi connectivity index (χ4v) is 6.85. The maximum absolute atomic E-state index is 15.1. The largest absolute Gasteiger partial charge is 0.494 e. The van der Waals surface area contributed by atoms with E-state index in [4.69, 9.17) is 19.2 Å². The number of morpholine rings is 1. The van der Waals surface area contributed by atoms with Crippen LogP contribution in [0.2, 0.25) is 0 Å². The van der Waals surface area contributed by atoms with Crippen LogP contribution in [0.1, 0.15) is 63.9 Å². The van der Waals surface area contributed by atoms with E-state index in [1.54, 1.807) is 23.1 Å². The Labute approximate surface area is 268 Å². The summed E-state index contributed by atoms with van der Waals surface area (Å²) in [4.78, 5) is 39.3. The number of benzene rings is 2. The Bertz CT molecular complexity index is 1720. The van der Waals surface area contributed by atoms with Gasteiger partial charge in [0.25, 0.3) is 5.56 Å². The standard InChI is InChI=1S/C34H41FN6O5/c1-34(2,3)46-33(43)40-11-5-6-27(40)31-37-30-25(32(42)41(31)24-7-8-29(44-4)26(35)20-24)18-22(21-36)19-28(30)39-12-9-23(10-13-39)38-14-16-45-17-15-38/h7-8,18-20,23,27H,5-6,9-17H2,1-4H3/t27-/m1/s1. The zero-order chi connectivity index (χ0) is 32.6. The normalized spacial score (nSPS) is 19.8. The van der Waals surface area contributed by atoms with Crippen molar-refractivity contribution in [2.24, 2.45) is 0 Å². The average molecular weight is 633 g/mol. The number of nitriles is 1. The number of halogens is 1. The third kappa shape index (κ3) is 6.26. The monoisotopic (exact) mass is 632 g/mol. The van der Waals surface area contributed by atoms with E-state index in [-0.39, 0.29) is 16.8 Å². The fraction of sp³-hybridized carbons (Fsp3) is 0.529. The lowest BCUT2D eigenvalue weighted by Crippen LogP contribution is -2.49. The second-order valence-corrected chi connectivity index (χ2v) is 13.1. The van der Waals surface area contributed by atoms with Crippen LogP contribution in [0.4, 0.5) is 14.9 Å². The number of carbonyl (C=O) groups excluding carboxylic acids is 1. The summed E-state index contributed by atoms with van der Waals surface area (Å²) in [6.07, 6.45) is 2.60. The zero-order valence-electron chi connectivity index (χ0n) is 26.9. The van der Waals surface area contributed by atoms with Gasteiger partial charge >= 0.3 is 6.09 Å². The number of ether oxygens (including phenoxy) is 3. The van der Waals surface area contributed by atoms with Gasteiger partial charge in [-0.25, -0.2) is 14.2 Å². The van der Waals surface area contributed by atoms with Crippen LogP contribution >= 0.6 is 0 Å². The first-order valence-electron chi connectivity index (χ1n) is 16.0. The number of rotatable bonds is 5. The summed E-state index contributed by atoms with van der Waals surface area (Å²) in [7, 11) is 1.37. The van der Waals surface area contributed by atoms with Crippen LogP contribution in [-0.2, 0) is 9.47 Å². The van der Waals surface area contributed by atoms with Gasteiger partial charge in [-0.15, -0.1) is 0 Å². The molecule has 3 saturated heterocycles. The summed E-state index contributed by atoms with van der Waals surface area (Å²) in [5, 5.41) is 10.2. The summed E-state index contributed by atoms with van der Waals surface area (Å²) in [6, 6.07) is 9.70. The molecule has 4 heterocycles. The second kappa shape index (κ2) is 12.9. The van der Waals surface area contributed by atoms with E-state index in [9.17, 15) is 14.9 Å². The number of amides is 1. The minimum Gasteiger partial charge on any atom is -0.494 e. The van der Waals surface area contributed by atoms with Gasteiger partial charge in [-0.1, -0.05) is 0 Å². The molecule has 3 fully saturated rings. The Balaban J connectivity index is 1.48. The maximum atomic E-state index is 15.1. The van der Waals surface area contributed by atoms with Crippen LogP contribution in [0, 0.1) is 17.1 Å². The Hall–Kier alpha value is -4.21. The number of aromatic nitrogens is 2. The van der Waals surface area contributed by atoms with Gasteiger partial charge in [0, 0.05) is 44.8 Å². The van der Waals surface area contributed by atoms with E-state index >= 15 is 4.39 Å². The molecule has 3 aromatic rings. The van der Waals surface area contributed by atoms with Crippen molar-refractivity contribution in [3.8, 4) is 17.5 Å². The molecular weight excluding hydrogens is 591 g/mol. The van der Waals surface area contributed by atoms with Gasteiger partial charge in [0.15, 0.2) is 11.6 Å². The van der Waals surface area contributed by atoms with Gasteiger partial charge in [0.05, 0.1) is 54.8 Å². The Kier molecular flexibility index (Phi) is 8.90. The molecule has 46 heavy (non-hydrogen) atoms. The van der Waals surface area contributed by atoms with Gasteiger partial charge in [0.1, 0.15) is 16.9 Å². The number of methoxy groups -OCH3 is 1. The molecular formula is C34H41FN6O5. The van der Waals surface area contributed by atoms with E-state index in [2.05, 4.69) is 15.9 Å². The van der Waals surface area contributed by atoms with Crippen molar-refractivity contribution >= 4 is 22.7 Å². The Morgan fingerprint density at radius 2 is 1.80 bits per heavy atom.